The number of amides is 1. The van der Waals surface area contributed by atoms with E-state index in [1.807, 2.05) is 0 Å². The van der Waals surface area contributed by atoms with Crippen LogP contribution in [0, 0.1) is 11.6 Å². The minimum atomic E-state index is -0.485. The van der Waals surface area contributed by atoms with Crippen LogP contribution >= 0.6 is 0 Å². The Kier molecular flexibility index (Phi) is 6.25. The normalized spacial score (nSPS) is 17.7. The molecule has 0 aliphatic carbocycles. The summed E-state index contributed by atoms with van der Waals surface area (Å²) in [6, 6.07) is 9.17. The van der Waals surface area contributed by atoms with E-state index >= 15 is 0 Å². The average Bonchev–Trinajstić information content (AvgIpc) is 3.08. The Morgan fingerprint density at radius 3 is 2.77 bits per heavy atom. The number of carbonyl (C=O) groups excluding carboxylic acids is 1. The number of benzene rings is 2. The Bertz CT molecular complexity index is 958. The highest BCUT2D eigenvalue weighted by atomic mass is 19.1. The van der Waals surface area contributed by atoms with E-state index in [0.717, 1.165) is 39.3 Å². The van der Waals surface area contributed by atoms with E-state index in [9.17, 15) is 13.6 Å². The van der Waals surface area contributed by atoms with Gasteiger partial charge in [-0.1, -0.05) is 6.07 Å². The molecule has 1 fully saturated rings. The van der Waals surface area contributed by atoms with Crippen molar-refractivity contribution >= 4 is 28.5 Å². The Balaban J connectivity index is 1.34. The molecule has 158 valence electrons. The molecule has 0 bridgehead atoms. The van der Waals surface area contributed by atoms with E-state index < -0.39 is 17.5 Å². The van der Waals surface area contributed by atoms with E-state index in [-0.39, 0.29) is 11.1 Å². The fourth-order valence-electron chi connectivity index (χ4n) is 3.60. The number of hydrogen-bond donors (Lipinski definition) is 3. The number of halogens is 2. The second-order valence-corrected chi connectivity index (χ2v) is 7.25. The van der Waals surface area contributed by atoms with Gasteiger partial charge in [-0.3, -0.25) is 9.69 Å². The Morgan fingerprint density at radius 2 is 1.97 bits per heavy atom. The number of ether oxygens (including phenoxy) is 1. The van der Waals surface area contributed by atoms with Crippen LogP contribution in [0.25, 0.3) is 5.57 Å². The molecule has 30 heavy (non-hydrogen) atoms. The molecule has 6 nitrogen and oxygen atoms in total. The van der Waals surface area contributed by atoms with Gasteiger partial charge >= 0.3 is 0 Å². The summed E-state index contributed by atoms with van der Waals surface area (Å²) in [5.41, 5.74) is 1.71. The van der Waals surface area contributed by atoms with Crippen LogP contribution in [-0.2, 0) is 9.53 Å². The van der Waals surface area contributed by atoms with Crippen LogP contribution < -0.4 is 16.0 Å². The van der Waals surface area contributed by atoms with Gasteiger partial charge in [-0.25, -0.2) is 8.78 Å². The number of rotatable bonds is 7. The monoisotopic (exact) mass is 414 g/mol. The standard InChI is InChI=1S/C22H24F2N4O2/c23-17-3-1-4-20-21(17)16(22(29)27-20)14-26-15-5-6-19(18(24)13-15)25-7-2-8-28-9-11-30-12-10-28/h1,3-6,13-14,25-26H,2,7-12H2,(H,27,29). The first-order chi connectivity index (χ1) is 14.6. The fraction of sp³-hybridized carbons (Fsp3) is 0.318. The van der Waals surface area contributed by atoms with Gasteiger partial charge in [-0.05, 0) is 43.3 Å². The topological polar surface area (TPSA) is 65.6 Å². The number of anilines is 3. The molecular formula is C22H24F2N4O2. The van der Waals surface area contributed by atoms with Crippen LogP contribution in [0.3, 0.4) is 0 Å². The number of fused-ring (bicyclic) bond motifs is 1. The van der Waals surface area contributed by atoms with Crippen molar-refractivity contribution in [1.29, 1.82) is 0 Å². The van der Waals surface area contributed by atoms with Crippen molar-refractivity contribution in [2.45, 2.75) is 6.42 Å². The van der Waals surface area contributed by atoms with Crippen molar-refractivity contribution in [2.75, 3.05) is 55.3 Å². The van der Waals surface area contributed by atoms with E-state index in [4.69, 9.17) is 4.74 Å². The lowest BCUT2D eigenvalue weighted by molar-refractivity contribution is -0.110. The summed E-state index contributed by atoms with van der Waals surface area (Å²) < 4.78 is 33.8. The van der Waals surface area contributed by atoms with Gasteiger partial charge in [-0.2, -0.15) is 0 Å². The van der Waals surface area contributed by atoms with E-state index in [1.54, 1.807) is 18.2 Å². The molecule has 8 heteroatoms. The molecule has 0 radical (unpaired) electrons. The lowest BCUT2D eigenvalue weighted by Crippen LogP contribution is -2.37. The second kappa shape index (κ2) is 9.23. The van der Waals surface area contributed by atoms with Gasteiger partial charge in [0.1, 0.15) is 11.6 Å². The maximum Gasteiger partial charge on any atom is 0.257 e. The van der Waals surface area contributed by atoms with Crippen molar-refractivity contribution < 1.29 is 18.3 Å². The lowest BCUT2D eigenvalue weighted by Gasteiger charge is -2.26. The van der Waals surface area contributed by atoms with Gasteiger partial charge in [0, 0.05) is 37.1 Å². The van der Waals surface area contributed by atoms with Gasteiger partial charge in [-0.15, -0.1) is 0 Å². The first kappa shape index (κ1) is 20.3. The van der Waals surface area contributed by atoms with Crippen LogP contribution in [0.1, 0.15) is 12.0 Å². The van der Waals surface area contributed by atoms with Gasteiger partial charge in [0.15, 0.2) is 0 Å². The first-order valence-corrected chi connectivity index (χ1v) is 10.0. The molecule has 4 rings (SSSR count). The number of morpholine rings is 1. The van der Waals surface area contributed by atoms with Crippen molar-refractivity contribution in [3.05, 3.63) is 59.8 Å². The largest absolute Gasteiger partial charge is 0.383 e. The third-order valence-electron chi connectivity index (χ3n) is 5.20. The predicted molar refractivity (Wildman–Crippen MR) is 113 cm³/mol. The summed E-state index contributed by atoms with van der Waals surface area (Å²) in [4.78, 5) is 14.4. The smallest absolute Gasteiger partial charge is 0.257 e. The van der Waals surface area contributed by atoms with Crippen molar-refractivity contribution in [3.63, 3.8) is 0 Å². The van der Waals surface area contributed by atoms with Crippen LogP contribution in [0.15, 0.2) is 42.6 Å². The van der Waals surface area contributed by atoms with Crippen molar-refractivity contribution in [3.8, 4) is 0 Å². The molecular weight excluding hydrogens is 390 g/mol. The third-order valence-corrected chi connectivity index (χ3v) is 5.20. The Hall–Kier alpha value is -2.97. The van der Waals surface area contributed by atoms with Crippen LogP contribution in [0.5, 0.6) is 0 Å². The SMILES string of the molecule is O=C1Nc2cccc(F)c2C1=CNc1ccc(NCCCN2CCOCC2)c(F)c1. The van der Waals surface area contributed by atoms with Crippen molar-refractivity contribution in [1.82, 2.24) is 4.90 Å². The molecule has 2 heterocycles. The zero-order valence-corrected chi connectivity index (χ0v) is 16.5. The highest BCUT2D eigenvalue weighted by molar-refractivity contribution is 6.31. The summed E-state index contributed by atoms with van der Waals surface area (Å²) in [6.07, 6.45) is 2.31. The van der Waals surface area contributed by atoms with Crippen LogP contribution in [0.2, 0.25) is 0 Å². The molecule has 2 aromatic rings. The van der Waals surface area contributed by atoms with Gasteiger partial charge in [0.05, 0.1) is 30.2 Å². The fourth-order valence-corrected chi connectivity index (χ4v) is 3.60. The van der Waals surface area contributed by atoms with Crippen molar-refractivity contribution in [2.24, 2.45) is 0 Å². The van der Waals surface area contributed by atoms with E-state index in [1.165, 1.54) is 24.4 Å². The number of nitrogens with zero attached hydrogens (tertiary/aromatic N) is 1. The highest BCUT2D eigenvalue weighted by Crippen LogP contribution is 2.33. The van der Waals surface area contributed by atoms with Crippen LogP contribution in [0.4, 0.5) is 25.8 Å². The number of hydrogen-bond acceptors (Lipinski definition) is 5. The molecule has 2 aliphatic rings. The maximum absolute atomic E-state index is 14.4. The van der Waals surface area contributed by atoms with E-state index in [2.05, 4.69) is 20.9 Å². The summed E-state index contributed by atoms with van der Waals surface area (Å²) in [7, 11) is 0. The maximum atomic E-state index is 14.4. The molecule has 1 amide bonds. The predicted octanol–water partition coefficient (Wildman–Crippen LogP) is 3.50. The summed E-state index contributed by atoms with van der Waals surface area (Å²) in [6.45, 7) is 5.04. The molecule has 0 aromatic heterocycles. The summed E-state index contributed by atoms with van der Waals surface area (Å²) in [5.74, 6) is -1.28. The number of nitrogens with one attached hydrogen (secondary N) is 3. The molecule has 2 aliphatic heterocycles. The lowest BCUT2D eigenvalue weighted by atomic mass is 10.1. The summed E-state index contributed by atoms with van der Waals surface area (Å²) >= 11 is 0. The second-order valence-electron chi connectivity index (χ2n) is 7.25. The van der Waals surface area contributed by atoms with Gasteiger partial charge in [0.2, 0.25) is 0 Å². The molecule has 0 atom stereocenters. The van der Waals surface area contributed by atoms with E-state index in [0.29, 0.717) is 23.6 Å². The average molecular weight is 414 g/mol. The number of carbonyl (C=O) groups is 1. The highest BCUT2D eigenvalue weighted by Gasteiger charge is 2.27. The minimum Gasteiger partial charge on any atom is -0.383 e. The molecule has 3 N–H and O–H groups in total. The molecule has 0 saturated carbocycles. The quantitative estimate of drug-likeness (QED) is 0.478. The minimum absolute atomic E-state index is 0.175. The zero-order chi connectivity index (χ0) is 20.9. The van der Waals surface area contributed by atoms with Gasteiger partial charge < -0.3 is 20.7 Å². The zero-order valence-electron chi connectivity index (χ0n) is 16.5. The Morgan fingerprint density at radius 1 is 1.13 bits per heavy atom. The molecule has 0 spiro atoms. The molecule has 1 saturated heterocycles. The molecule has 2 aromatic carbocycles. The third kappa shape index (κ3) is 4.60. The first-order valence-electron chi connectivity index (χ1n) is 10.0. The summed E-state index contributed by atoms with van der Waals surface area (Å²) in [5, 5.41) is 8.62. The van der Waals surface area contributed by atoms with Gasteiger partial charge in [0.25, 0.3) is 5.91 Å². The molecule has 0 unspecified atom stereocenters. The van der Waals surface area contributed by atoms with Crippen LogP contribution in [-0.4, -0.2) is 50.2 Å². The Labute approximate surface area is 173 Å².